The second kappa shape index (κ2) is 7.68. The van der Waals surface area contributed by atoms with Gasteiger partial charge in [0.05, 0.1) is 12.1 Å². The van der Waals surface area contributed by atoms with Gasteiger partial charge in [0.2, 0.25) is 0 Å². The van der Waals surface area contributed by atoms with Gasteiger partial charge in [0.15, 0.2) is 6.61 Å². The highest BCUT2D eigenvalue weighted by Crippen LogP contribution is 2.41. The second-order valence-electron chi connectivity index (χ2n) is 6.79. The van der Waals surface area contributed by atoms with Crippen LogP contribution in [0.4, 0.5) is 13.2 Å². The first kappa shape index (κ1) is 21.1. The number of alkyl halides is 3. The van der Waals surface area contributed by atoms with Crippen LogP contribution in [-0.2, 0) is 4.79 Å². The van der Waals surface area contributed by atoms with Gasteiger partial charge in [0, 0.05) is 5.02 Å². The number of hydrazone groups is 1. The molecule has 2 aromatic carbocycles. The maximum Gasteiger partial charge on any atom is 0.438 e. The van der Waals surface area contributed by atoms with Crippen LogP contribution in [0.3, 0.4) is 0 Å². The fourth-order valence-electron chi connectivity index (χ4n) is 2.84. The summed E-state index contributed by atoms with van der Waals surface area (Å²) in [6.07, 6.45) is -6.01. The first-order chi connectivity index (χ1) is 13.5. The molecule has 154 valence electrons. The van der Waals surface area contributed by atoms with E-state index < -0.39 is 30.8 Å². The molecule has 1 aliphatic rings. The number of amides is 1. The summed E-state index contributed by atoms with van der Waals surface area (Å²) in [7, 11) is 0. The Labute approximate surface area is 170 Å². The molecule has 0 spiro atoms. The summed E-state index contributed by atoms with van der Waals surface area (Å²) in [6, 6.07) is 11.0. The van der Waals surface area contributed by atoms with E-state index in [-0.39, 0.29) is 10.7 Å². The molecule has 0 saturated heterocycles. The second-order valence-corrected chi connectivity index (χ2v) is 7.22. The smallest absolute Gasteiger partial charge is 0.438 e. The number of hydrogen-bond acceptors (Lipinski definition) is 4. The van der Waals surface area contributed by atoms with Crippen LogP contribution < -0.4 is 4.74 Å². The van der Waals surface area contributed by atoms with E-state index >= 15 is 0 Å². The van der Waals surface area contributed by atoms with Crippen LogP contribution in [0.15, 0.2) is 47.6 Å². The number of ether oxygens (including phenoxy) is 1. The Morgan fingerprint density at radius 3 is 2.45 bits per heavy atom. The van der Waals surface area contributed by atoms with Crippen molar-refractivity contribution in [3.8, 4) is 5.75 Å². The van der Waals surface area contributed by atoms with Crippen LogP contribution in [-0.4, -0.2) is 40.2 Å². The molecule has 1 aliphatic heterocycles. The van der Waals surface area contributed by atoms with Gasteiger partial charge in [-0.1, -0.05) is 29.8 Å². The van der Waals surface area contributed by atoms with E-state index in [2.05, 4.69) is 5.10 Å². The van der Waals surface area contributed by atoms with Gasteiger partial charge in [-0.05, 0) is 54.8 Å². The van der Waals surface area contributed by atoms with Crippen LogP contribution in [0.5, 0.6) is 5.75 Å². The molecule has 1 atom stereocenters. The van der Waals surface area contributed by atoms with Crippen molar-refractivity contribution in [3.05, 3.63) is 64.2 Å². The lowest BCUT2D eigenvalue weighted by Gasteiger charge is -2.32. The molecule has 2 aromatic rings. The first-order valence-electron chi connectivity index (χ1n) is 8.67. The van der Waals surface area contributed by atoms with E-state index in [1.54, 1.807) is 18.2 Å². The van der Waals surface area contributed by atoms with Gasteiger partial charge < -0.3 is 9.84 Å². The zero-order chi connectivity index (χ0) is 21.4. The normalized spacial score (nSPS) is 19.3. The largest absolute Gasteiger partial charge is 0.484 e. The van der Waals surface area contributed by atoms with Crippen LogP contribution in [0.1, 0.15) is 23.1 Å². The molecule has 0 saturated carbocycles. The van der Waals surface area contributed by atoms with E-state index in [1.165, 1.54) is 24.3 Å². The fourth-order valence-corrected chi connectivity index (χ4v) is 2.97. The van der Waals surface area contributed by atoms with E-state index in [0.717, 1.165) is 11.1 Å². The molecular weight excluding hydrogens is 409 g/mol. The minimum Gasteiger partial charge on any atom is -0.484 e. The Bertz CT molecular complexity index is 960. The van der Waals surface area contributed by atoms with E-state index in [9.17, 15) is 23.1 Å². The highest BCUT2D eigenvalue weighted by molar-refractivity contribution is 6.30. The molecule has 0 unspecified atom stereocenters. The lowest BCUT2D eigenvalue weighted by molar-refractivity contribution is -0.302. The minimum absolute atomic E-state index is 0.0536. The van der Waals surface area contributed by atoms with E-state index in [0.29, 0.717) is 16.3 Å². The van der Waals surface area contributed by atoms with Crippen LogP contribution >= 0.6 is 11.6 Å². The molecule has 1 amide bonds. The Hall–Kier alpha value is -2.58. The Morgan fingerprint density at radius 1 is 1.21 bits per heavy atom. The van der Waals surface area contributed by atoms with Crippen LogP contribution in [0.25, 0.3) is 0 Å². The third kappa shape index (κ3) is 4.23. The monoisotopic (exact) mass is 426 g/mol. The van der Waals surface area contributed by atoms with Crippen molar-refractivity contribution < 1.29 is 27.8 Å². The third-order valence-electron chi connectivity index (χ3n) is 4.69. The molecule has 1 N–H and O–H groups in total. The fraction of sp³-hybridized carbons (Fsp3) is 0.300. The van der Waals surface area contributed by atoms with E-state index in [4.69, 9.17) is 16.3 Å². The van der Waals surface area contributed by atoms with Gasteiger partial charge in [0.25, 0.3) is 11.6 Å². The van der Waals surface area contributed by atoms with Gasteiger partial charge in [-0.2, -0.15) is 23.3 Å². The summed E-state index contributed by atoms with van der Waals surface area (Å²) in [5.41, 5.74) is -1.30. The molecule has 5 nitrogen and oxygen atoms in total. The van der Waals surface area contributed by atoms with Crippen molar-refractivity contribution in [2.75, 3.05) is 6.61 Å². The molecule has 0 aliphatic carbocycles. The maximum absolute atomic E-state index is 13.6. The topological polar surface area (TPSA) is 62.1 Å². The Kier molecular flexibility index (Phi) is 5.60. The summed E-state index contributed by atoms with van der Waals surface area (Å²) in [4.78, 5) is 12.5. The van der Waals surface area contributed by atoms with Crippen molar-refractivity contribution in [3.63, 3.8) is 0 Å². The van der Waals surface area contributed by atoms with Crippen molar-refractivity contribution in [1.29, 1.82) is 0 Å². The zero-order valence-corrected chi connectivity index (χ0v) is 16.4. The van der Waals surface area contributed by atoms with Crippen molar-refractivity contribution in [1.82, 2.24) is 5.01 Å². The number of halogens is 4. The standard InChI is InChI=1S/C20H18ClF3N2O3/c1-12-3-8-16(9-13(12)2)29-11-18(27)26-19(28,20(22,23)24)10-17(25-26)14-4-6-15(21)7-5-14/h3-9,28H,10-11H2,1-2H3/t19-/m0/s1. The summed E-state index contributed by atoms with van der Waals surface area (Å²) in [5, 5.41) is 14.5. The van der Waals surface area contributed by atoms with Gasteiger partial charge in [-0.15, -0.1) is 0 Å². The van der Waals surface area contributed by atoms with Crippen molar-refractivity contribution in [2.45, 2.75) is 32.2 Å². The number of carbonyl (C=O) groups excluding carboxylic acids is 1. The van der Waals surface area contributed by atoms with Gasteiger partial charge in [-0.25, -0.2) is 0 Å². The first-order valence-corrected chi connectivity index (χ1v) is 9.05. The number of nitrogens with zero attached hydrogens (tertiary/aromatic N) is 2. The Morgan fingerprint density at radius 2 is 1.86 bits per heavy atom. The molecule has 0 aromatic heterocycles. The van der Waals surface area contributed by atoms with Gasteiger partial charge >= 0.3 is 6.18 Å². The van der Waals surface area contributed by atoms with Crippen molar-refractivity contribution in [2.24, 2.45) is 5.10 Å². The minimum atomic E-state index is -5.11. The molecule has 29 heavy (non-hydrogen) atoms. The number of rotatable bonds is 4. The van der Waals surface area contributed by atoms with Gasteiger partial charge in [-0.3, -0.25) is 4.79 Å². The lowest BCUT2D eigenvalue weighted by atomic mass is 10.0. The van der Waals surface area contributed by atoms with E-state index in [1.807, 2.05) is 13.8 Å². The molecule has 3 rings (SSSR count). The maximum atomic E-state index is 13.6. The number of hydrogen-bond donors (Lipinski definition) is 1. The third-order valence-corrected chi connectivity index (χ3v) is 4.95. The predicted molar refractivity (Wildman–Crippen MR) is 102 cm³/mol. The quantitative estimate of drug-likeness (QED) is 0.796. The Balaban J connectivity index is 1.84. The molecular formula is C20H18ClF3N2O3. The van der Waals surface area contributed by atoms with Crippen LogP contribution in [0, 0.1) is 13.8 Å². The lowest BCUT2D eigenvalue weighted by Crippen LogP contribution is -2.57. The van der Waals surface area contributed by atoms with Crippen LogP contribution in [0.2, 0.25) is 5.02 Å². The SMILES string of the molecule is Cc1ccc(OCC(=O)N2N=C(c3ccc(Cl)cc3)C[C@]2(O)C(F)(F)F)cc1C. The molecule has 0 fully saturated rings. The highest BCUT2D eigenvalue weighted by Gasteiger charge is 2.63. The summed E-state index contributed by atoms with van der Waals surface area (Å²) < 4.78 is 46.1. The molecule has 1 heterocycles. The van der Waals surface area contributed by atoms with Gasteiger partial charge in [0.1, 0.15) is 5.75 Å². The summed E-state index contributed by atoms with van der Waals surface area (Å²) in [5.74, 6) is -0.787. The number of benzene rings is 2. The number of aliphatic hydroxyl groups is 1. The average Bonchev–Trinajstić information content (AvgIpc) is 3.02. The summed E-state index contributed by atoms with van der Waals surface area (Å²) >= 11 is 5.80. The average molecular weight is 427 g/mol. The zero-order valence-electron chi connectivity index (χ0n) is 15.6. The molecule has 0 radical (unpaired) electrons. The predicted octanol–water partition coefficient (Wildman–Crippen LogP) is 4.22. The van der Waals surface area contributed by atoms with Crippen molar-refractivity contribution >= 4 is 23.2 Å². The molecule has 9 heteroatoms. The highest BCUT2D eigenvalue weighted by atomic mass is 35.5. The number of carbonyl (C=O) groups is 1. The number of aryl methyl sites for hydroxylation is 2. The summed E-state index contributed by atoms with van der Waals surface area (Å²) in [6.45, 7) is 3.03. The molecule has 0 bridgehead atoms.